The van der Waals surface area contributed by atoms with Gasteiger partial charge >= 0.3 is 0 Å². The standard InChI is InChI=1S/C13H17BrN2O2/c1-18-12-4-2-10(14)6-9(12)7-15-8-11-3-5-13(17)16-11/h2,4,6,11,15H,3,5,7-8H2,1H3,(H,16,17). The van der Waals surface area contributed by atoms with Gasteiger partial charge in [0, 0.05) is 35.6 Å². The monoisotopic (exact) mass is 312 g/mol. The van der Waals surface area contributed by atoms with E-state index in [2.05, 4.69) is 26.6 Å². The van der Waals surface area contributed by atoms with E-state index in [0.29, 0.717) is 6.42 Å². The number of hydrogen-bond acceptors (Lipinski definition) is 3. The summed E-state index contributed by atoms with van der Waals surface area (Å²) in [6.07, 6.45) is 1.56. The number of amides is 1. The van der Waals surface area contributed by atoms with Gasteiger partial charge in [-0.3, -0.25) is 4.79 Å². The molecule has 0 radical (unpaired) electrons. The molecule has 5 heteroatoms. The minimum Gasteiger partial charge on any atom is -0.496 e. The second-order valence-electron chi connectivity index (χ2n) is 4.39. The number of carbonyl (C=O) groups is 1. The lowest BCUT2D eigenvalue weighted by molar-refractivity contribution is -0.119. The first kappa shape index (κ1) is 13.4. The molecule has 0 bridgehead atoms. The van der Waals surface area contributed by atoms with Crippen LogP contribution in [0.4, 0.5) is 0 Å². The lowest BCUT2D eigenvalue weighted by atomic mass is 10.2. The molecule has 1 aromatic carbocycles. The van der Waals surface area contributed by atoms with Crippen molar-refractivity contribution in [3.05, 3.63) is 28.2 Å². The number of rotatable bonds is 5. The van der Waals surface area contributed by atoms with Crippen LogP contribution in [0, 0.1) is 0 Å². The Morgan fingerprint density at radius 3 is 3.06 bits per heavy atom. The quantitative estimate of drug-likeness (QED) is 0.872. The highest BCUT2D eigenvalue weighted by Gasteiger charge is 2.19. The van der Waals surface area contributed by atoms with Crippen molar-refractivity contribution in [2.75, 3.05) is 13.7 Å². The van der Waals surface area contributed by atoms with Gasteiger partial charge in [0.05, 0.1) is 7.11 Å². The summed E-state index contributed by atoms with van der Waals surface area (Å²) in [4.78, 5) is 11.1. The van der Waals surface area contributed by atoms with E-state index < -0.39 is 0 Å². The van der Waals surface area contributed by atoms with Gasteiger partial charge in [-0.05, 0) is 24.6 Å². The number of carbonyl (C=O) groups excluding carboxylic acids is 1. The molecule has 0 saturated carbocycles. The summed E-state index contributed by atoms with van der Waals surface area (Å²) in [6, 6.07) is 6.20. The second-order valence-corrected chi connectivity index (χ2v) is 5.31. The third-order valence-electron chi connectivity index (χ3n) is 3.03. The van der Waals surface area contributed by atoms with E-state index in [9.17, 15) is 4.79 Å². The third-order valence-corrected chi connectivity index (χ3v) is 3.53. The van der Waals surface area contributed by atoms with Gasteiger partial charge in [-0.1, -0.05) is 15.9 Å². The number of benzene rings is 1. The van der Waals surface area contributed by atoms with Crippen LogP contribution in [0.5, 0.6) is 5.75 Å². The molecule has 1 heterocycles. The third kappa shape index (κ3) is 3.46. The minimum atomic E-state index is 0.154. The SMILES string of the molecule is COc1ccc(Br)cc1CNCC1CCC(=O)N1. The smallest absolute Gasteiger partial charge is 0.220 e. The van der Waals surface area contributed by atoms with Crippen LogP contribution in [0.3, 0.4) is 0 Å². The fourth-order valence-electron chi connectivity index (χ4n) is 2.10. The van der Waals surface area contributed by atoms with E-state index in [0.717, 1.165) is 35.3 Å². The first-order valence-corrected chi connectivity index (χ1v) is 6.81. The first-order valence-electron chi connectivity index (χ1n) is 6.01. The number of methoxy groups -OCH3 is 1. The molecule has 1 aromatic rings. The number of halogens is 1. The summed E-state index contributed by atoms with van der Waals surface area (Å²) in [5.41, 5.74) is 1.11. The molecular weight excluding hydrogens is 296 g/mol. The van der Waals surface area contributed by atoms with Gasteiger partial charge in [0.1, 0.15) is 5.75 Å². The number of hydrogen-bond donors (Lipinski definition) is 2. The summed E-state index contributed by atoms with van der Waals surface area (Å²) in [7, 11) is 1.67. The average molecular weight is 313 g/mol. The molecule has 1 aliphatic heterocycles. The van der Waals surface area contributed by atoms with Crippen molar-refractivity contribution in [1.29, 1.82) is 0 Å². The largest absolute Gasteiger partial charge is 0.496 e. The molecule has 1 atom stereocenters. The zero-order chi connectivity index (χ0) is 13.0. The number of ether oxygens (including phenoxy) is 1. The molecule has 2 rings (SSSR count). The van der Waals surface area contributed by atoms with Gasteiger partial charge in [-0.2, -0.15) is 0 Å². The Hall–Kier alpha value is -1.07. The zero-order valence-corrected chi connectivity index (χ0v) is 11.9. The molecule has 2 N–H and O–H groups in total. The van der Waals surface area contributed by atoms with Crippen molar-refractivity contribution in [2.24, 2.45) is 0 Å². The Morgan fingerprint density at radius 2 is 2.39 bits per heavy atom. The van der Waals surface area contributed by atoms with Crippen LogP contribution in [-0.4, -0.2) is 25.6 Å². The zero-order valence-electron chi connectivity index (χ0n) is 10.3. The maximum absolute atomic E-state index is 11.1. The summed E-state index contributed by atoms with van der Waals surface area (Å²) in [5, 5.41) is 6.29. The summed E-state index contributed by atoms with van der Waals surface area (Å²) in [6.45, 7) is 1.52. The molecular formula is C13H17BrN2O2. The van der Waals surface area contributed by atoms with E-state index in [1.807, 2.05) is 18.2 Å². The Labute approximate surface area is 115 Å². The maximum atomic E-state index is 11.1. The molecule has 4 nitrogen and oxygen atoms in total. The maximum Gasteiger partial charge on any atom is 0.220 e. The second kappa shape index (κ2) is 6.20. The summed E-state index contributed by atoms with van der Waals surface area (Å²) >= 11 is 3.45. The fourth-order valence-corrected chi connectivity index (χ4v) is 2.51. The molecule has 1 aliphatic rings. The predicted molar refractivity (Wildman–Crippen MR) is 73.6 cm³/mol. The molecule has 1 fully saturated rings. The Kier molecular flexibility index (Phi) is 4.60. The Balaban J connectivity index is 1.86. The Bertz CT molecular complexity index is 437. The van der Waals surface area contributed by atoms with Crippen molar-refractivity contribution in [2.45, 2.75) is 25.4 Å². The summed E-state index contributed by atoms with van der Waals surface area (Å²) in [5.74, 6) is 1.03. The van der Waals surface area contributed by atoms with E-state index in [1.165, 1.54) is 0 Å². The van der Waals surface area contributed by atoms with Crippen LogP contribution in [0.25, 0.3) is 0 Å². The van der Waals surface area contributed by atoms with Crippen molar-refractivity contribution >= 4 is 21.8 Å². The van der Waals surface area contributed by atoms with Crippen LogP contribution < -0.4 is 15.4 Å². The van der Waals surface area contributed by atoms with Gasteiger partial charge in [0.15, 0.2) is 0 Å². The topological polar surface area (TPSA) is 50.4 Å². The number of nitrogens with one attached hydrogen (secondary N) is 2. The lowest BCUT2D eigenvalue weighted by Gasteiger charge is -2.13. The van der Waals surface area contributed by atoms with Crippen LogP contribution in [0.2, 0.25) is 0 Å². The molecule has 1 saturated heterocycles. The molecule has 0 spiro atoms. The van der Waals surface area contributed by atoms with Gasteiger partial charge in [0.25, 0.3) is 0 Å². The lowest BCUT2D eigenvalue weighted by Crippen LogP contribution is -2.35. The highest BCUT2D eigenvalue weighted by atomic mass is 79.9. The Morgan fingerprint density at radius 1 is 1.56 bits per heavy atom. The van der Waals surface area contributed by atoms with E-state index in [1.54, 1.807) is 7.11 Å². The molecule has 1 unspecified atom stereocenters. The van der Waals surface area contributed by atoms with Crippen LogP contribution in [0.1, 0.15) is 18.4 Å². The summed E-state index contributed by atoms with van der Waals surface area (Å²) < 4.78 is 6.35. The highest BCUT2D eigenvalue weighted by Crippen LogP contribution is 2.22. The molecule has 0 aliphatic carbocycles. The van der Waals surface area contributed by atoms with Crippen molar-refractivity contribution in [1.82, 2.24) is 10.6 Å². The van der Waals surface area contributed by atoms with Gasteiger partial charge in [-0.25, -0.2) is 0 Å². The van der Waals surface area contributed by atoms with Crippen LogP contribution in [-0.2, 0) is 11.3 Å². The van der Waals surface area contributed by atoms with E-state index in [-0.39, 0.29) is 11.9 Å². The predicted octanol–water partition coefficient (Wildman–Crippen LogP) is 1.83. The molecule has 0 aromatic heterocycles. The van der Waals surface area contributed by atoms with E-state index in [4.69, 9.17) is 4.74 Å². The fraction of sp³-hybridized carbons (Fsp3) is 0.462. The van der Waals surface area contributed by atoms with Crippen molar-refractivity contribution in [3.8, 4) is 5.75 Å². The van der Waals surface area contributed by atoms with Gasteiger partial charge in [-0.15, -0.1) is 0 Å². The average Bonchev–Trinajstić information content (AvgIpc) is 2.75. The van der Waals surface area contributed by atoms with Crippen molar-refractivity contribution < 1.29 is 9.53 Å². The van der Waals surface area contributed by atoms with Crippen LogP contribution >= 0.6 is 15.9 Å². The highest BCUT2D eigenvalue weighted by molar-refractivity contribution is 9.10. The minimum absolute atomic E-state index is 0.154. The van der Waals surface area contributed by atoms with Gasteiger partial charge in [0.2, 0.25) is 5.91 Å². The molecule has 1 amide bonds. The van der Waals surface area contributed by atoms with Gasteiger partial charge < -0.3 is 15.4 Å². The van der Waals surface area contributed by atoms with Crippen LogP contribution in [0.15, 0.2) is 22.7 Å². The molecule has 98 valence electrons. The molecule has 18 heavy (non-hydrogen) atoms. The normalized spacial score (nSPS) is 18.8. The van der Waals surface area contributed by atoms with Crippen molar-refractivity contribution in [3.63, 3.8) is 0 Å². The van der Waals surface area contributed by atoms with E-state index >= 15 is 0 Å². The first-order chi connectivity index (χ1) is 8.69.